The average Bonchev–Trinajstić information content (AvgIpc) is 3.40. The summed E-state index contributed by atoms with van der Waals surface area (Å²) in [5.41, 5.74) is 2.66. The van der Waals surface area contributed by atoms with Crippen molar-refractivity contribution in [3.05, 3.63) is 65.2 Å². The van der Waals surface area contributed by atoms with E-state index in [1.54, 1.807) is 0 Å². The maximum Gasteiger partial charge on any atom is 0.194 e. The molecule has 0 saturated carbocycles. The van der Waals surface area contributed by atoms with Crippen LogP contribution in [-0.4, -0.2) is 60.6 Å². The van der Waals surface area contributed by atoms with Gasteiger partial charge in [-0.15, -0.1) is 0 Å². The van der Waals surface area contributed by atoms with Crippen molar-refractivity contribution in [3.63, 3.8) is 0 Å². The molecule has 0 bridgehead atoms. The summed E-state index contributed by atoms with van der Waals surface area (Å²) in [5, 5.41) is 8.21. The van der Waals surface area contributed by atoms with Crippen molar-refractivity contribution >= 4 is 23.2 Å². The van der Waals surface area contributed by atoms with Crippen LogP contribution in [-0.2, 0) is 6.54 Å². The van der Waals surface area contributed by atoms with Gasteiger partial charge < -0.3 is 15.5 Å². The fourth-order valence-electron chi connectivity index (χ4n) is 5.14. The summed E-state index contributed by atoms with van der Waals surface area (Å²) < 4.78 is 0. The van der Waals surface area contributed by atoms with Crippen LogP contribution < -0.4 is 10.6 Å². The third-order valence-corrected chi connectivity index (χ3v) is 7.10. The van der Waals surface area contributed by atoms with E-state index >= 15 is 0 Å². The summed E-state index contributed by atoms with van der Waals surface area (Å²) in [6, 6.07) is 18.8. The molecule has 31 heavy (non-hydrogen) atoms. The van der Waals surface area contributed by atoms with Gasteiger partial charge in [0.05, 0.1) is 12.1 Å². The van der Waals surface area contributed by atoms with Crippen molar-refractivity contribution in [2.75, 3.05) is 44.6 Å². The first kappa shape index (κ1) is 20.7. The lowest BCUT2D eigenvalue weighted by Gasteiger charge is -2.36. The van der Waals surface area contributed by atoms with E-state index < -0.39 is 0 Å². The largest absolute Gasteiger partial charge is 0.385 e. The number of rotatable bonds is 5. The number of benzene rings is 2. The van der Waals surface area contributed by atoms with E-state index in [-0.39, 0.29) is 5.54 Å². The Morgan fingerprint density at radius 1 is 1.10 bits per heavy atom. The molecule has 5 rings (SSSR count). The highest BCUT2D eigenvalue weighted by atomic mass is 35.5. The van der Waals surface area contributed by atoms with Crippen LogP contribution in [0.4, 0.5) is 5.69 Å². The first-order valence-corrected chi connectivity index (χ1v) is 11.9. The molecule has 0 aliphatic carbocycles. The number of nitrogens with one attached hydrogen (secondary N) is 2. The molecule has 3 aliphatic heterocycles. The lowest BCUT2D eigenvalue weighted by molar-refractivity contribution is 0.255. The Hall–Kier alpha value is -2.24. The molecule has 2 aromatic carbocycles. The first-order valence-electron chi connectivity index (χ1n) is 11.5. The minimum atomic E-state index is 0.124. The van der Waals surface area contributed by atoms with Crippen LogP contribution in [0, 0.1) is 5.92 Å². The normalized spacial score (nSPS) is 26.2. The van der Waals surface area contributed by atoms with Gasteiger partial charge in [-0.3, -0.25) is 9.89 Å². The molecule has 2 N–H and O–H groups in total. The van der Waals surface area contributed by atoms with E-state index in [0.29, 0.717) is 5.92 Å². The number of halogens is 1. The molecule has 0 radical (unpaired) electrons. The predicted octanol–water partition coefficient (Wildman–Crippen LogP) is 4.07. The zero-order valence-corrected chi connectivity index (χ0v) is 18.8. The molecule has 0 amide bonds. The number of anilines is 1. The maximum atomic E-state index is 6.00. The van der Waals surface area contributed by atoms with E-state index in [9.17, 15) is 0 Å². The molecule has 2 unspecified atom stereocenters. The Labute approximate surface area is 190 Å². The number of likely N-dealkylation sites (tertiary alicyclic amines) is 2. The van der Waals surface area contributed by atoms with Crippen LogP contribution >= 0.6 is 11.6 Å². The van der Waals surface area contributed by atoms with Crippen LogP contribution in [0.3, 0.4) is 0 Å². The minimum absolute atomic E-state index is 0.124. The standard InChI is InChI=1S/C25H32ClN5/c26-22-8-10-23(11-9-22)27-15-21-7-4-13-31(17-21)24-28-18-25(29-24)12-14-30(19-25)16-20-5-2-1-3-6-20/h1-3,5-6,8-11,21,27H,4,7,12-19H2,(H,28,29). The van der Waals surface area contributed by atoms with E-state index in [1.165, 1.54) is 24.8 Å². The molecule has 3 heterocycles. The summed E-state index contributed by atoms with van der Waals surface area (Å²) in [6.07, 6.45) is 3.66. The zero-order valence-electron chi connectivity index (χ0n) is 18.1. The third kappa shape index (κ3) is 4.99. The maximum absolute atomic E-state index is 6.00. The van der Waals surface area contributed by atoms with Crippen LogP contribution in [0.25, 0.3) is 0 Å². The van der Waals surface area contributed by atoms with Gasteiger partial charge >= 0.3 is 0 Å². The van der Waals surface area contributed by atoms with E-state index in [2.05, 4.69) is 62.9 Å². The van der Waals surface area contributed by atoms with Gasteiger partial charge in [-0.05, 0) is 55.0 Å². The highest BCUT2D eigenvalue weighted by Gasteiger charge is 2.43. The topological polar surface area (TPSA) is 42.9 Å². The van der Waals surface area contributed by atoms with Gasteiger partial charge in [-0.25, -0.2) is 0 Å². The second-order valence-electron chi connectivity index (χ2n) is 9.33. The summed E-state index contributed by atoms with van der Waals surface area (Å²) >= 11 is 6.00. The molecular formula is C25H32ClN5. The van der Waals surface area contributed by atoms with Crippen LogP contribution in [0.5, 0.6) is 0 Å². The Bertz CT molecular complexity index is 900. The van der Waals surface area contributed by atoms with Gasteiger partial charge in [0, 0.05) is 50.0 Å². The first-order chi connectivity index (χ1) is 15.2. The highest BCUT2D eigenvalue weighted by Crippen LogP contribution is 2.28. The Morgan fingerprint density at radius 3 is 2.77 bits per heavy atom. The summed E-state index contributed by atoms with van der Waals surface area (Å²) in [6.45, 7) is 7.30. The van der Waals surface area contributed by atoms with Gasteiger partial charge in [0.25, 0.3) is 0 Å². The Kier molecular flexibility index (Phi) is 6.06. The van der Waals surface area contributed by atoms with E-state index in [4.69, 9.17) is 16.6 Å². The van der Waals surface area contributed by atoms with Gasteiger partial charge in [-0.1, -0.05) is 41.9 Å². The molecule has 2 atom stereocenters. The highest BCUT2D eigenvalue weighted by molar-refractivity contribution is 6.30. The van der Waals surface area contributed by atoms with Crippen molar-refractivity contribution in [2.24, 2.45) is 10.9 Å². The number of hydrogen-bond donors (Lipinski definition) is 2. The van der Waals surface area contributed by atoms with E-state index in [0.717, 1.165) is 62.5 Å². The quantitative estimate of drug-likeness (QED) is 0.740. The molecule has 5 nitrogen and oxygen atoms in total. The summed E-state index contributed by atoms with van der Waals surface area (Å²) in [4.78, 5) is 10.0. The van der Waals surface area contributed by atoms with Gasteiger partial charge in [0.15, 0.2) is 5.96 Å². The minimum Gasteiger partial charge on any atom is -0.385 e. The smallest absolute Gasteiger partial charge is 0.194 e. The number of piperidine rings is 1. The molecule has 2 saturated heterocycles. The second-order valence-corrected chi connectivity index (χ2v) is 9.77. The Morgan fingerprint density at radius 2 is 1.94 bits per heavy atom. The predicted molar refractivity (Wildman–Crippen MR) is 129 cm³/mol. The van der Waals surface area contributed by atoms with Crippen LogP contribution in [0.2, 0.25) is 5.02 Å². The second kappa shape index (κ2) is 9.09. The van der Waals surface area contributed by atoms with E-state index in [1.807, 2.05) is 12.1 Å². The van der Waals surface area contributed by atoms with Gasteiger partial charge in [-0.2, -0.15) is 0 Å². The average molecular weight is 438 g/mol. The molecule has 164 valence electrons. The summed E-state index contributed by atoms with van der Waals surface area (Å²) in [5.74, 6) is 1.75. The fourth-order valence-corrected chi connectivity index (χ4v) is 5.27. The number of hydrogen-bond acceptors (Lipinski definition) is 5. The molecule has 2 aromatic rings. The van der Waals surface area contributed by atoms with Crippen LogP contribution in [0.1, 0.15) is 24.8 Å². The molecule has 1 spiro atoms. The fraction of sp³-hybridized carbons (Fsp3) is 0.480. The lowest BCUT2D eigenvalue weighted by Crippen LogP contribution is -2.54. The van der Waals surface area contributed by atoms with Gasteiger partial charge in [0.2, 0.25) is 0 Å². The van der Waals surface area contributed by atoms with Crippen molar-refractivity contribution in [1.29, 1.82) is 0 Å². The molecule has 3 aliphatic rings. The van der Waals surface area contributed by atoms with Crippen molar-refractivity contribution < 1.29 is 0 Å². The van der Waals surface area contributed by atoms with Crippen molar-refractivity contribution in [3.8, 4) is 0 Å². The number of guanidine groups is 1. The summed E-state index contributed by atoms with van der Waals surface area (Å²) in [7, 11) is 0. The molecule has 0 aromatic heterocycles. The number of nitrogens with zero attached hydrogens (tertiary/aromatic N) is 3. The monoisotopic (exact) mass is 437 g/mol. The SMILES string of the molecule is Clc1ccc(NCC2CCCN(C3=NCC4(CCN(Cc5ccccc5)C4)N3)C2)cc1. The van der Waals surface area contributed by atoms with Crippen molar-refractivity contribution in [1.82, 2.24) is 15.1 Å². The number of aliphatic imine (C=N–C) groups is 1. The van der Waals surface area contributed by atoms with Gasteiger partial charge in [0.1, 0.15) is 0 Å². The Balaban J connectivity index is 1.12. The van der Waals surface area contributed by atoms with Crippen molar-refractivity contribution in [2.45, 2.75) is 31.3 Å². The third-order valence-electron chi connectivity index (χ3n) is 6.85. The molecule has 6 heteroatoms. The molecular weight excluding hydrogens is 406 g/mol. The lowest BCUT2D eigenvalue weighted by atomic mass is 9.97. The molecule has 2 fully saturated rings. The zero-order chi connectivity index (χ0) is 21.1. The van der Waals surface area contributed by atoms with Crippen LogP contribution in [0.15, 0.2) is 59.6 Å².